The Labute approximate surface area is 165 Å². The zero-order chi connectivity index (χ0) is 19.3. The van der Waals surface area contributed by atoms with Crippen LogP contribution in [0.3, 0.4) is 0 Å². The fraction of sp³-hybridized carbons (Fsp3) is 0.174. The zero-order valence-corrected chi connectivity index (χ0v) is 16.0. The van der Waals surface area contributed by atoms with E-state index in [2.05, 4.69) is 0 Å². The van der Waals surface area contributed by atoms with Crippen molar-refractivity contribution >= 4 is 16.6 Å². The highest BCUT2D eigenvalue weighted by Gasteiger charge is 2.72. The largest absolute Gasteiger partial charge is 0.496 e. The molecule has 1 spiro atoms. The van der Waals surface area contributed by atoms with Gasteiger partial charge in [0.05, 0.1) is 22.8 Å². The van der Waals surface area contributed by atoms with Gasteiger partial charge in [-0.15, -0.1) is 0 Å². The number of hydrogen-bond acceptors (Lipinski definition) is 4. The first-order valence-corrected chi connectivity index (χ1v) is 10.3. The molecule has 2 aliphatic heterocycles. The van der Waals surface area contributed by atoms with Crippen molar-refractivity contribution in [1.82, 2.24) is 0 Å². The summed E-state index contributed by atoms with van der Waals surface area (Å²) in [7, 11) is 0.175. The summed E-state index contributed by atoms with van der Waals surface area (Å²) in [6, 6.07) is 24.1. The van der Waals surface area contributed by atoms with E-state index in [1.54, 1.807) is 25.3 Å². The SMILES string of the molecule is COc1ccccc1[C@@H]1O[C@@]12C(=O)c1ccccc1S(=O)[C@H]2c1ccccc1. The summed E-state index contributed by atoms with van der Waals surface area (Å²) in [5.41, 5.74) is 0.928. The number of fused-ring (bicyclic) bond motifs is 1. The standard InChI is InChI=1S/C23H18O4S/c1-26-18-13-7-5-11-16(18)21-23(27-21)20(24)17-12-6-8-14-19(17)28(25)22(23)15-9-3-2-4-10-15/h2-14,21-22H,1H3/t21-,22-,23-,28?/m0/s1. The van der Waals surface area contributed by atoms with Crippen LogP contribution < -0.4 is 4.74 Å². The van der Waals surface area contributed by atoms with Crippen molar-refractivity contribution in [3.05, 3.63) is 95.6 Å². The average Bonchev–Trinajstić information content (AvgIpc) is 3.49. The van der Waals surface area contributed by atoms with Crippen molar-refractivity contribution in [1.29, 1.82) is 0 Å². The number of carbonyl (C=O) groups is 1. The van der Waals surface area contributed by atoms with Crippen molar-refractivity contribution in [2.24, 2.45) is 0 Å². The molecule has 0 bridgehead atoms. The Hall–Kier alpha value is -2.76. The molecule has 3 aromatic carbocycles. The molecular weight excluding hydrogens is 372 g/mol. The lowest BCUT2D eigenvalue weighted by molar-refractivity contribution is 0.0859. The van der Waals surface area contributed by atoms with E-state index in [9.17, 15) is 9.00 Å². The van der Waals surface area contributed by atoms with E-state index < -0.39 is 27.8 Å². The van der Waals surface area contributed by atoms with Crippen LogP contribution in [-0.2, 0) is 15.5 Å². The van der Waals surface area contributed by atoms with Crippen LogP contribution in [0.15, 0.2) is 83.8 Å². The Balaban J connectivity index is 1.71. The van der Waals surface area contributed by atoms with Gasteiger partial charge in [-0.2, -0.15) is 0 Å². The molecule has 5 heteroatoms. The Morgan fingerprint density at radius 3 is 2.39 bits per heavy atom. The number of Topliss-reactive ketones (excluding diaryl/α,β-unsaturated/α-hetero) is 1. The normalized spacial score (nSPS) is 28.0. The van der Waals surface area contributed by atoms with E-state index in [1.165, 1.54) is 0 Å². The monoisotopic (exact) mass is 390 g/mol. The number of hydrogen-bond donors (Lipinski definition) is 0. The molecule has 2 heterocycles. The second-order valence-electron chi connectivity index (χ2n) is 6.95. The first kappa shape index (κ1) is 17.3. The molecule has 1 unspecified atom stereocenters. The van der Waals surface area contributed by atoms with Crippen molar-refractivity contribution in [2.75, 3.05) is 7.11 Å². The van der Waals surface area contributed by atoms with Crippen LogP contribution in [0.25, 0.3) is 0 Å². The molecule has 0 aromatic heterocycles. The first-order valence-electron chi connectivity index (χ1n) is 9.08. The Bertz CT molecular complexity index is 1090. The number of benzene rings is 3. The smallest absolute Gasteiger partial charge is 0.200 e. The molecule has 1 fully saturated rings. The number of ether oxygens (including phenoxy) is 2. The van der Waals surface area contributed by atoms with E-state index in [0.29, 0.717) is 16.2 Å². The predicted octanol–water partition coefficient (Wildman–Crippen LogP) is 4.25. The van der Waals surface area contributed by atoms with Gasteiger partial charge in [-0.1, -0.05) is 66.7 Å². The first-order chi connectivity index (χ1) is 13.7. The maximum Gasteiger partial charge on any atom is 0.200 e. The topological polar surface area (TPSA) is 55.9 Å². The zero-order valence-electron chi connectivity index (χ0n) is 15.2. The van der Waals surface area contributed by atoms with E-state index >= 15 is 0 Å². The summed E-state index contributed by atoms with van der Waals surface area (Å²) in [4.78, 5) is 14.2. The van der Waals surface area contributed by atoms with Crippen LogP contribution in [0.1, 0.15) is 32.8 Å². The van der Waals surface area contributed by atoms with E-state index in [-0.39, 0.29) is 5.78 Å². The predicted molar refractivity (Wildman–Crippen MR) is 106 cm³/mol. The van der Waals surface area contributed by atoms with Crippen LogP contribution in [0.2, 0.25) is 0 Å². The van der Waals surface area contributed by atoms with Crippen molar-refractivity contribution in [2.45, 2.75) is 21.9 Å². The van der Waals surface area contributed by atoms with Crippen LogP contribution in [0, 0.1) is 0 Å². The molecule has 140 valence electrons. The van der Waals surface area contributed by atoms with E-state index in [0.717, 1.165) is 11.1 Å². The van der Waals surface area contributed by atoms with Gasteiger partial charge < -0.3 is 9.47 Å². The van der Waals surface area contributed by atoms with Gasteiger partial charge in [-0.05, 0) is 17.7 Å². The number of carbonyl (C=O) groups excluding carboxylic acids is 1. The van der Waals surface area contributed by atoms with Crippen molar-refractivity contribution in [3.8, 4) is 5.75 Å². The van der Waals surface area contributed by atoms with Crippen molar-refractivity contribution in [3.63, 3.8) is 0 Å². The average molecular weight is 390 g/mol. The fourth-order valence-corrected chi connectivity index (χ4v) is 6.01. The second-order valence-corrected chi connectivity index (χ2v) is 8.45. The van der Waals surface area contributed by atoms with Gasteiger partial charge in [-0.25, -0.2) is 0 Å². The highest BCUT2D eigenvalue weighted by molar-refractivity contribution is 7.85. The lowest BCUT2D eigenvalue weighted by Gasteiger charge is -2.30. The fourth-order valence-electron chi connectivity index (χ4n) is 4.15. The molecule has 0 N–H and O–H groups in total. The lowest BCUT2D eigenvalue weighted by atomic mass is 9.84. The summed E-state index contributed by atoms with van der Waals surface area (Å²) in [6.07, 6.45) is -0.501. The summed E-state index contributed by atoms with van der Waals surface area (Å²) in [5, 5.41) is -0.578. The van der Waals surface area contributed by atoms with E-state index in [1.807, 2.05) is 60.7 Å². The maximum atomic E-state index is 13.6. The van der Waals surface area contributed by atoms with Gasteiger partial charge in [0.15, 0.2) is 5.60 Å². The van der Waals surface area contributed by atoms with Crippen LogP contribution in [0.5, 0.6) is 5.75 Å². The molecule has 2 aliphatic rings. The molecular formula is C23H18O4S. The minimum atomic E-state index is -1.42. The van der Waals surface area contributed by atoms with Gasteiger partial charge >= 0.3 is 0 Å². The number of epoxide rings is 1. The molecule has 3 aromatic rings. The van der Waals surface area contributed by atoms with Crippen LogP contribution in [-0.4, -0.2) is 22.7 Å². The molecule has 0 radical (unpaired) electrons. The molecule has 4 atom stereocenters. The molecule has 28 heavy (non-hydrogen) atoms. The lowest BCUT2D eigenvalue weighted by Crippen LogP contribution is -2.40. The van der Waals surface area contributed by atoms with Gasteiger partial charge in [0, 0.05) is 11.1 Å². The quantitative estimate of drug-likeness (QED) is 0.628. The number of ketones is 1. The molecule has 0 saturated carbocycles. The summed E-state index contributed by atoms with van der Waals surface area (Å²) >= 11 is 0. The summed E-state index contributed by atoms with van der Waals surface area (Å²) < 4.78 is 25.2. The Morgan fingerprint density at radius 2 is 1.61 bits per heavy atom. The molecule has 0 aliphatic carbocycles. The van der Waals surface area contributed by atoms with Crippen molar-refractivity contribution < 1.29 is 18.5 Å². The van der Waals surface area contributed by atoms with Gasteiger partial charge in [0.2, 0.25) is 5.78 Å². The third-order valence-electron chi connectivity index (χ3n) is 5.48. The Morgan fingerprint density at radius 1 is 0.929 bits per heavy atom. The van der Waals surface area contributed by atoms with Gasteiger partial charge in [0.1, 0.15) is 17.1 Å². The minimum Gasteiger partial charge on any atom is -0.496 e. The third-order valence-corrected chi connectivity index (χ3v) is 7.32. The highest BCUT2D eigenvalue weighted by atomic mass is 32.2. The second kappa shape index (κ2) is 6.40. The van der Waals surface area contributed by atoms with Gasteiger partial charge in [-0.3, -0.25) is 9.00 Å². The molecule has 5 rings (SSSR count). The number of rotatable bonds is 3. The molecule has 0 amide bonds. The van der Waals surface area contributed by atoms with E-state index in [4.69, 9.17) is 9.47 Å². The van der Waals surface area contributed by atoms with Gasteiger partial charge in [0.25, 0.3) is 0 Å². The Kier molecular flexibility index (Phi) is 3.96. The minimum absolute atomic E-state index is 0.118. The number of methoxy groups -OCH3 is 1. The summed E-state index contributed by atoms with van der Waals surface area (Å²) in [5.74, 6) is 0.543. The molecule has 1 saturated heterocycles. The van der Waals surface area contributed by atoms with Crippen LogP contribution in [0.4, 0.5) is 0 Å². The molecule has 4 nitrogen and oxygen atoms in total. The number of para-hydroxylation sites is 1. The summed E-state index contributed by atoms with van der Waals surface area (Å²) in [6.45, 7) is 0. The highest BCUT2D eigenvalue weighted by Crippen LogP contribution is 2.64. The maximum absolute atomic E-state index is 13.6. The van der Waals surface area contributed by atoms with Crippen LogP contribution >= 0.6 is 0 Å². The third kappa shape index (κ3) is 2.33.